The minimum Gasteiger partial charge on any atom is -0.394 e. The number of Topliss-reactive ketones (excluding diaryl/α,β-unsaturated/α-hetero) is 1. The molecule has 8 heteroatoms. The van der Waals surface area contributed by atoms with Crippen LogP contribution in [0.25, 0.3) is 0 Å². The molecule has 0 radical (unpaired) electrons. The number of likely N-dealkylation sites (N-methyl/N-ethyl adjacent to an activating group) is 1. The van der Waals surface area contributed by atoms with Crippen molar-refractivity contribution in [1.29, 1.82) is 0 Å². The van der Waals surface area contributed by atoms with Gasteiger partial charge in [0.25, 0.3) is 0 Å². The zero-order chi connectivity index (χ0) is 16.9. The number of aliphatic hydroxyl groups is 4. The molecule has 0 aliphatic carbocycles. The van der Waals surface area contributed by atoms with Crippen molar-refractivity contribution < 1.29 is 34.7 Å². The molecule has 1 saturated heterocycles. The molecule has 0 amide bonds. The number of carbonyl (C=O) groups is 1. The maximum absolute atomic E-state index is 11.8. The van der Waals surface area contributed by atoms with Crippen molar-refractivity contribution in [2.45, 2.75) is 50.0 Å². The maximum Gasteiger partial charge on any atom is 0.168 e. The van der Waals surface area contributed by atoms with Gasteiger partial charge in [0.1, 0.15) is 18.0 Å². The van der Waals surface area contributed by atoms with Gasteiger partial charge in [-0.25, -0.2) is 0 Å². The van der Waals surface area contributed by atoms with Crippen LogP contribution >= 0.6 is 0 Å². The van der Waals surface area contributed by atoms with E-state index < -0.39 is 42.7 Å². The number of ether oxygens (including phenoxy) is 2. The molecule has 1 heterocycles. The summed E-state index contributed by atoms with van der Waals surface area (Å²) < 4.78 is 10.9. The number of aliphatic hydroxyl groups excluding tert-OH is 4. The molecule has 1 rings (SSSR count). The first-order chi connectivity index (χ1) is 10.3. The van der Waals surface area contributed by atoms with Crippen molar-refractivity contribution in [2.24, 2.45) is 5.92 Å². The molecule has 0 bridgehead atoms. The molecular formula is C14H27NO7. The van der Waals surface area contributed by atoms with E-state index in [2.05, 4.69) is 5.32 Å². The molecule has 0 aromatic carbocycles. The van der Waals surface area contributed by atoms with E-state index in [1.807, 2.05) is 0 Å². The van der Waals surface area contributed by atoms with Crippen molar-refractivity contribution in [3.8, 4) is 0 Å². The number of methoxy groups -OCH3 is 1. The first kappa shape index (κ1) is 19.4. The summed E-state index contributed by atoms with van der Waals surface area (Å²) in [5.41, 5.74) is 0. The van der Waals surface area contributed by atoms with Crippen LogP contribution in [0, 0.1) is 5.92 Å². The summed E-state index contributed by atoms with van der Waals surface area (Å²) in [6, 6.07) is 0. The van der Waals surface area contributed by atoms with Crippen LogP contribution in [0.4, 0.5) is 0 Å². The minimum absolute atomic E-state index is 0.0122. The highest BCUT2D eigenvalue weighted by Gasteiger charge is 2.48. The second kappa shape index (κ2) is 8.30. The van der Waals surface area contributed by atoms with Crippen molar-refractivity contribution in [2.75, 3.05) is 27.3 Å². The number of nitrogens with one attached hydrogen (secondary N) is 1. The number of carbonyl (C=O) groups excluding carboxylic acids is 1. The van der Waals surface area contributed by atoms with Crippen molar-refractivity contribution in [3.63, 3.8) is 0 Å². The predicted octanol–water partition coefficient (Wildman–Crippen LogP) is -1.99. The molecule has 0 aromatic rings. The summed E-state index contributed by atoms with van der Waals surface area (Å²) in [5.74, 6) is -1.98. The van der Waals surface area contributed by atoms with E-state index in [9.17, 15) is 20.1 Å². The summed E-state index contributed by atoms with van der Waals surface area (Å²) in [4.78, 5) is 11.8. The maximum atomic E-state index is 11.8. The Hall–Kier alpha value is -0.610. The normalized spacial score (nSPS) is 35.1. The van der Waals surface area contributed by atoms with E-state index in [4.69, 9.17) is 14.6 Å². The van der Waals surface area contributed by atoms with Gasteiger partial charge in [0.05, 0.1) is 25.4 Å². The highest BCUT2D eigenvalue weighted by atomic mass is 16.7. The summed E-state index contributed by atoms with van der Waals surface area (Å²) in [6.07, 6.45) is -4.72. The van der Waals surface area contributed by atoms with Gasteiger partial charge in [0.15, 0.2) is 5.79 Å². The Balaban J connectivity index is 2.95. The fraction of sp³-hybridized carbons (Fsp3) is 0.929. The lowest BCUT2D eigenvalue weighted by molar-refractivity contribution is -0.312. The van der Waals surface area contributed by atoms with E-state index in [1.54, 1.807) is 14.0 Å². The number of hydrogen-bond donors (Lipinski definition) is 5. The van der Waals surface area contributed by atoms with E-state index in [-0.39, 0.29) is 25.2 Å². The quantitative estimate of drug-likeness (QED) is 0.347. The van der Waals surface area contributed by atoms with Crippen molar-refractivity contribution in [3.05, 3.63) is 0 Å². The van der Waals surface area contributed by atoms with Gasteiger partial charge in [-0.3, -0.25) is 4.79 Å². The Labute approximate surface area is 130 Å². The van der Waals surface area contributed by atoms with Gasteiger partial charge in [-0.1, -0.05) is 0 Å². The topological polar surface area (TPSA) is 128 Å². The number of ketones is 1. The largest absolute Gasteiger partial charge is 0.394 e. The van der Waals surface area contributed by atoms with Gasteiger partial charge >= 0.3 is 0 Å². The summed E-state index contributed by atoms with van der Waals surface area (Å²) in [7, 11) is 3.04. The summed E-state index contributed by atoms with van der Waals surface area (Å²) in [5, 5.41) is 41.9. The molecule has 0 spiro atoms. The second-order valence-corrected chi connectivity index (χ2v) is 5.87. The van der Waals surface area contributed by atoms with Crippen LogP contribution in [0.15, 0.2) is 0 Å². The Morgan fingerprint density at radius 3 is 2.64 bits per heavy atom. The standard InChI is InChI=1S/C14H27NO7/c1-14(21-3)5-10(18)9(4-8(17)6-15-2)13(22-14)12(20)11(19)7-16/h9-13,15-16,18-20H,4-7H2,1-3H3. The summed E-state index contributed by atoms with van der Waals surface area (Å²) >= 11 is 0. The molecule has 8 nitrogen and oxygen atoms in total. The smallest absolute Gasteiger partial charge is 0.168 e. The highest BCUT2D eigenvalue weighted by molar-refractivity contribution is 5.80. The van der Waals surface area contributed by atoms with E-state index in [1.165, 1.54) is 7.11 Å². The molecule has 1 aliphatic heterocycles. The van der Waals surface area contributed by atoms with E-state index >= 15 is 0 Å². The molecule has 1 fully saturated rings. The SMILES string of the molecule is CNCC(=O)CC1C(O)CC(C)(OC)OC1C(O)C(O)CO. The van der Waals surface area contributed by atoms with Crippen LogP contribution < -0.4 is 5.32 Å². The van der Waals surface area contributed by atoms with Gasteiger partial charge < -0.3 is 35.2 Å². The Morgan fingerprint density at radius 2 is 2.14 bits per heavy atom. The molecule has 5 N–H and O–H groups in total. The molecule has 22 heavy (non-hydrogen) atoms. The van der Waals surface area contributed by atoms with Crippen LogP contribution in [-0.4, -0.2) is 83.7 Å². The second-order valence-electron chi connectivity index (χ2n) is 5.87. The van der Waals surface area contributed by atoms with Gasteiger partial charge in [0, 0.05) is 25.9 Å². The lowest BCUT2D eigenvalue weighted by Crippen LogP contribution is -2.58. The fourth-order valence-corrected chi connectivity index (χ4v) is 2.74. The highest BCUT2D eigenvalue weighted by Crippen LogP contribution is 2.37. The van der Waals surface area contributed by atoms with Crippen molar-refractivity contribution in [1.82, 2.24) is 5.32 Å². The van der Waals surface area contributed by atoms with Crippen molar-refractivity contribution >= 4 is 5.78 Å². The van der Waals surface area contributed by atoms with Gasteiger partial charge in [-0.15, -0.1) is 0 Å². The van der Waals surface area contributed by atoms with Gasteiger partial charge in [-0.2, -0.15) is 0 Å². The van der Waals surface area contributed by atoms with E-state index in [0.29, 0.717) is 0 Å². The predicted molar refractivity (Wildman–Crippen MR) is 77.1 cm³/mol. The minimum atomic E-state index is -1.44. The monoisotopic (exact) mass is 321 g/mol. The summed E-state index contributed by atoms with van der Waals surface area (Å²) in [6.45, 7) is 1.08. The van der Waals surface area contributed by atoms with Gasteiger partial charge in [-0.05, 0) is 14.0 Å². The Morgan fingerprint density at radius 1 is 1.50 bits per heavy atom. The number of rotatable bonds is 8. The first-order valence-corrected chi connectivity index (χ1v) is 7.32. The molecule has 6 unspecified atom stereocenters. The lowest BCUT2D eigenvalue weighted by Gasteiger charge is -2.46. The molecule has 130 valence electrons. The average molecular weight is 321 g/mol. The zero-order valence-corrected chi connectivity index (χ0v) is 13.2. The molecular weight excluding hydrogens is 294 g/mol. The Kier molecular flexibility index (Phi) is 7.33. The van der Waals surface area contributed by atoms with Crippen LogP contribution in [0.1, 0.15) is 19.8 Å². The van der Waals surface area contributed by atoms with Crippen LogP contribution in [0.2, 0.25) is 0 Å². The molecule has 6 atom stereocenters. The third-order valence-electron chi connectivity index (χ3n) is 4.07. The molecule has 0 aromatic heterocycles. The van der Waals surface area contributed by atoms with Crippen LogP contribution in [-0.2, 0) is 14.3 Å². The van der Waals surface area contributed by atoms with Gasteiger partial charge in [0.2, 0.25) is 0 Å². The fourth-order valence-electron chi connectivity index (χ4n) is 2.74. The number of hydrogen-bond acceptors (Lipinski definition) is 8. The molecule has 0 saturated carbocycles. The van der Waals surface area contributed by atoms with E-state index in [0.717, 1.165) is 0 Å². The molecule has 1 aliphatic rings. The average Bonchev–Trinajstić information content (AvgIpc) is 2.48. The zero-order valence-electron chi connectivity index (χ0n) is 13.2. The Bertz CT molecular complexity index is 367. The third kappa shape index (κ3) is 4.69. The lowest BCUT2D eigenvalue weighted by atomic mass is 9.80. The first-order valence-electron chi connectivity index (χ1n) is 7.32. The van der Waals surface area contributed by atoms with Crippen LogP contribution in [0.3, 0.4) is 0 Å². The third-order valence-corrected chi connectivity index (χ3v) is 4.07. The van der Waals surface area contributed by atoms with Crippen LogP contribution in [0.5, 0.6) is 0 Å².